The van der Waals surface area contributed by atoms with Crippen LogP contribution in [0, 0.1) is 0 Å². The van der Waals surface area contributed by atoms with E-state index in [1.54, 1.807) is 13.1 Å². The summed E-state index contributed by atoms with van der Waals surface area (Å²) in [6.45, 7) is 4.11. The molecule has 1 atom stereocenters. The van der Waals surface area contributed by atoms with Gasteiger partial charge in [0.2, 0.25) is 6.05 Å². The van der Waals surface area contributed by atoms with Crippen LogP contribution in [0.3, 0.4) is 0 Å². The van der Waals surface area contributed by atoms with Crippen LogP contribution in [0.2, 0.25) is 13.1 Å². The van der Waals surface area contributed by atoms with Gasteiger partial charge in [0.05, 0.1) is 5.73 Å². The average molecular weight is 194 g/mol. The molecule has 0 aromatic rings. The first-order chi connectivity index (χ1) is 5.55. The third kappa shape index (κ3) is 2.04. The minimum Gasteiger partial charge on any atom is -0.381 e. The number of alkyl halides is 2. The molecule has 0 radical (unpaired) electrons. The summed E-state index contributed by atoms with van der Waals surface area (Å²) in [6, 6.07) is -2.15. The molecule has 1 heterocycles. The first-order valence-electron chi connectivity index (χ1n) is 4.45. The molecule has 1 aliphatic rings. The van der Waals surface area contributed by atoms with Crippen molar-refractivity contribution in [3.05, 3.63) is 0 Å². The standard InChI is InChI=1S/C8H16F2OSi/c1-12(2,8(9)10)7-5-3-4-6-11-7/h7-8H,3-6H2,1-2H3. The largest absolute Gasteiger partial charge is 0.381 e. The Kier molecular flexibility index (Phi) is 3.23. The Morgan fingerprint density at radius 2 is 2.00 bits per heavy atom. The second-order valence-electron chi connectivity index (χ2n) is 3.98. The Bertz CT molecular complexity index is 144. The normalized spacial score (nSPS) is 26.2. The third-order valence-corrected chi connectivity index (χ3v) is 5.81. The maximum atomic E-state index is 12.6. The van der Waals surface area contributed by atoms with Crippen molar-refractivity contribution in [2.75, 3.05) is 6.61 Å². The maximum Gasteiger partial charge on any atom is 0.223 e. The summed E-state index contributed by atoms with van der Waals surface area (Å²) in [5.41, 5.74) is -0.119. The number of hydrogen-bond donors (Lipinski definition) is 0. The van der Waals surface area contributed by atoms with Crippen LogP contribution >= 0.6 is 0 Å². The molecular weight excluding hydrogens is 178 g/mol. The highest BCUT2D eigenvalue weighted by atomic mass is 28.3. The lowest BCUT2D eigenvalue weighted by Crippen LogP contribution is -2.51. The molecule has 1 saturated heterocycles. The summed E-state index contributed by atoms with van der Waals surface area (Å²) in [4.78, 5) is 0. The minimum atomic E-state index is -2.44. The second kappa shape index (κ2) is 3.83. The zero-order valence-corrected chi connectivity index (χ0v) is 8.65. The fourth-order valence-corrected chi connectivity index (χ4v) is 3.24. The first-order valence-corrected chi connectivity index (χ1v) is 7.60. The molecule has 0 bridgehead atoms. The fraction of sp³-hybridized carbons (Fsp3) is 1.00. The van der Waals surface area contributed by atoms with Gasteiger partial charge >= 0.3 is 0 Å². The van der Waals surface area contributed by atoms with Crippen LogP contribution in [0.1, 0.15) is 19.3 Å². The van der Waals surface area contributed by atoms with Crippen LogP contribution in [0.15, 0.2) is 0 Å². The fourth-order valence-electron chi connectivity index (χ4n) is 1.47. The van der Waals surface area contributed by atoms with Crippen molar-refractivity contribution in [3.8, 4) is 0 Å². The van der Waals surface area contributed by atoms with Crippen molar-refractivity contribution >= 4 is 8.07 Å². The average Bonchev–Trinajstić information content (AvgIpc) is 2.06. The topological polar surface area (TPSA) is 9.23 Å². The van der Waals surface area contributed by atoms with E-state index in [4.69, 9.17) is 4.74 Å². The van der Waals surface area contributed by atoms with Gasteiger partial charge < -0.3 is 4.74 Å². The highest BCUT2D eigenvalue weighted by Crippen LogP contribution is 2.26. The maximum absolute atomic E-state index is 12.6. The van der Waals surface area contributed by atoms with Crippen LogP contribution in [0.4, 0.5) is 8.78 Å². The molecule has 0 spiro atoms. The molecule has 1 aliphatic heterocycles. The van der Waals surface area contributed by atoms with E-state index in [2.05, 4.69) is 0 Å². The lowest BCUT2D eigenvalue weighted by molar-refractivity contribution is 0.0518. The number of rotatable bonds is 2. The molecule has 4 heteroatoms. The second-order valence-corrected chi connectivity index (χ2v) is 8.70. The Balaban J connectivity index is 2.53. The van der Waals surface area contributed by atoms with Gasteiger partial charge in [0, 0.05) is 6.61 Å². The molecule has 0 saturated carbocycles. The number of ether oxygens (including phenoxy) is 1. The van der Waals surface area contributed by atoms with E-state index >= 15 is 0 Å². The number of hydrogen-bond acceptors (Lipinski definition) is 1. The summed E-state index contributed by atoms with van der Waals surface area (Å²) in [5, 5.41) is 0. The Labute approximate surface area is 73.1 Å². The van der Waals surface area contributed by atoms with Crippen molar-refractivity contribution in [1.29, 1.82) is 0 Å². The SMILES string of the molecule is C[Si](C)(C(F)F)C1CCCCO1. The first kappa shape index (κ1) is 10.1. The Morgan fingerprint density at radius 3 is 2.42 bits per heavy atom. The van der Waals surface area contributed by atoms with Crippen LogP contribution in [0.5, 0.6) is 0 Å². The summed E-state index contributed by atoms with van der Waals surface area (Å²) >= 11 is 0. The van der Waals surface area contributed by atoms with Gasteiger partial charge in [-0.3, -0.25) is 0 Å². The number of halogens is 2. The molecule has 0 aromatic carbocycles. The predicted molar refractivity (Wildman–Crippen MR) is 47.1 cm³/mol. The van der Waals surface area contributed by atoms with E-state index in [0.717, 1.165) is 19.3 Å². The van der Waals surface area contributed by atoms with E-state index < -0.39 is 14.1 Å². The molecule has 0 N–H and O–H groups in total. The van der Waals surface area contributed by atoms with E-state index in [1.807, 2.05) is 0 Å². The van der Waals surface area contributed by atoms with Gasteiger partial charge in [0.15, 0.2) is 8.07 Å². The summed E-state index contributed by atoms with van der Waals surface area (Å²) in [7, 11) is -2.44. The van der Waals surface area contributed by atoms with Gasteiger partial charge in [-0.15, -0.1) is 0 Å². The van der Waals surface area contributed by atoms with E-state index in [9.17, 15) is 8.78 Å². The van der Waals surface area contributed by atoms with E-state index in [0.29, 0.717) is 6.61 Å². The quantitative estimate of drug-likeness (QED) is 0.614. The molecule has 12 heavy (non-hydrogen) atoms. The highest BCUT2D eigenvalue weighted by Gasteiger charge is 2.42. The summed E-state index contributed by atoms with van der Waals surface area (Å²) in [5.74, 6) is 0. The van der Waals surface area contributed by atoms with Crippen molar-refractivity contribution in [2.45, 2.75) is 44.1 Å². The molecule has 0 amide bonds. The van der Waals surface area contributed by atoms with E-state index in [1.165, 1.54) is 0 Å². The molecule has 1 fully saturated rings. The lowest BCUT2D eigenvalue weighted by Gasteiger charge is -2.34. The van der Waals surface area contributed by atoms with Crippen LogP contribution < -0.4 is 0 Å². The molecule has 0 aliphatic carbocycles. The highest BCUT2D eigenvalue weighted by molar-refractivity contribution is 6.79. The summed E-state index contributed by atoms with van der Waals surface area (Å²) in [6.07, 6.45) is 2.92. The molecular formula is C8H16F2OSi. The van der Waals surface area contributed by atoms with Crippen molar-refractivity contribution in [1.82, 2.24) is 0 Å². The van der Waals surface area contributed by atoms with Gasteiger partial charge in [-0.05, 0) is 19.3 Å². The third-order valence-electron chi connectivity index (χ3n) is 2.57. The Hall–Kier alpha value is 0.0369. The molecule has 0 aromatic heterocycles. The monoisotopic (exact) mass is 194 g/mol. The van der Waals surface area contributed by atoms with Gasteiger partial charge in [-0.2, -0.15) is 0 Å². The van der Waals surface area contributed by atoms with Gasteiger partial charge in [0.1, 0.15) is 0 Å². The van der Waals surface area contributed by atoms with Crippen LogP contribution in [0.25, 0.3) is 0 Å². The van der Waals surface area contributed by atoms with Crippen LogP contribution in [-0.4, -0.2) is 26.5 Å². The zero-order chi connectivity index (χ0) is 9.19. The van der Waals surface area contributed by atoms with Crippen LogP contribution in [-0.2, 0) is 4.74 Å². The lowest BCUT2D eigenvalue weighted by atomic mass is 10.2. The molecule has 1 unspecified atom stereocenters. The van der Waals surface area contributed by atoms with Crippen molar-refractivity contribution in [3.63, 3.8) is 0 Å². The van der Waals surface area contributed by atoms with Gasteiger partial charge in [-0.25, -0.2) is 8.78 Å². The Morgan fingerprint density at radius 1 is 1.33 bits per heavy atom. The molecule has 1 rings (SSSR count). The van der Waals surface area contributed by atoms with Crippen molar-refractivity contribution < 1.29 is 13.5 Å². The van der Waals surface area contributed by atoms with Gasteiger partial charge in [0.25, 0.3) is 0 Å². The minimum absolute atomic E-state index is 0.119. The predicted octanol–water partition coefficient (Wildman–Crippen LogP) is 2.61. The van der Waals surface area contributed by atoms with E-state index in [-0.39, 0.29) is 5.73 Å². The van der Waals surface area contributed by atoms with Gasteiger partial charge in [-0.1, -0.05) is 13.1 Å². The van der Waals surface area contributed by atoms with Crippen molar-refractivity contribution in [2.24, 2.45) is 0 Å². The molecule has 72 valence electrons. The smallest absolute Gasteiger partial charge is 0.223 e. The zero-order valence-electron chi connectivity index (χ0n) is 7.65. The molecule has 1 nitrogen and oxygen atoms in total. The summed E-state index contributed by atoms with van der Waals surface area (Å²) < 4.78 is 30.5.